The number of nitrogens with one attached hydrogen (secondary N) is 2. The van der Waals surface area contributed by atoms with Crippen LogP contribution in [0.15, 0.2) is 48.7 Å². The zero-order chi connectivity index (χ0) is 17.5. The molecule has 2 amide bonds. The number of pyridine rings is 1. The van der Waals surface area contributed by atoms with Crippen LogP contribution in [0.3, 0.4) is 0 Å². The van der Waals surface area contributed by atoms with Gasteiger partial charge in [0.25, 0.3) is 5.91 Å². The van der Waals surface area contributed by atoms with E-state index >= 15 is 0 Å². The molecule has 24 heavy (non-hydrogen) atoms. The summed E-state index contributed by atoms with van der Waals surface area (Å²) in [6, 6.07) is 12.1. The molecule has 1 atom stereocenters. The monoisotopic (exact) mass is 345 g/mol. The Bertz CT molecular complexity index is 704. The predicted molar refractivity (Wildman–Crippen MR) is 93.7 cm³/mol. The number of halogens is 1. The zero-order valence-electron chi connectivity index (χ0n) is 13.6. The van der Waals surface area contributed by atoms with E-state index in [1.807, 2.05) is 32.0 Å². The van der Waals surface area contributed by atoms with E-state index in [1.54, 1.807) is 30.5 Å². The molecule has 1 heterocycles. The molecule has 0 saturated carbocycles. The standard InChI is InChI=1S/C18H20ClN3O2/c1-12(2)17(15-9-5-6-10-20-15)22-16(23)11-21-18(24)13-7-3-4-8-14(13)19/h3-10,12,17H,11H2,1-2H3,(H,21,24)(H,22,23)/t17-/m1/s1. The fourth-order valence-corrected chi connectivity index (χ4v) is 2.49. The lowest BCUT2D eigenvalue weighted by Crippen LogP contribution is -2.40. The minimum atomic E-state index is -0.380. The third-order valence-electron chi connectivity index (χ3n) is 3.52. The van der Waals surface area contributed by atoms with Gasteiger partial charge in [0, 0.05) is 6.20 Å². The van der Waals surface area contributed by atoms with Crippen LogP contribution in [0.1, 0.15) is 35.9 Å². The van der Waals surface area contributed by atoms with E-state index in [9.17, 15) is 9.59 Å². The van der Waals surface area contributed by atoms with E-state index in [4.69, 9.17) is 11.6 Å². The average molecular weight is 346 g/mol. The molecule has 0 saturated heterocycles. The first-order valence-corrected chi connectivity index (χ1v) is 8.10. The Balaban J connectivity index is 1.95. The summed E-state index contributed by atoms with van der Waals surface area (Å²) in [6.07, 6.45) is 1.69. The summed E-state index contributed by atoms with van der Waals surface area (Å²) in [4.78, 5) is 28.5. The lowest BCUT2D eigenvalue weighted by Gasteiger charge is -2.22. The summed E-state index contributed by atoms with van der Waals surface area (Å²) < 4.78 is 0. The van der Waals surface area contributed by atoms with Gasteiger partial charge in [-0.3, -0.25) is 14.6 Å². The molecule has 0 aliphatic carbocycles. The van der Waals surface area contributed by atoms with Crippen molar-refractivity contribution in [3.63, 3.8) is 0 Å². The van der Waals surface area contributed by atoms with Crippen LogP contribution in [0, 0.1) is 5.92 Å². The SMILES string of the molecule is CC(C)[C@@H](NC(=O)CNC(=O)c1ccccc1Cl)c1ccccn1. The Kier molecular flexibility index (Phi) is 6.32. The highest BCUT2D eigenvalue weighted by Gasteiger charge is 2.20. The van der Waals surface area contributed by atoms with Gasteiger partial charge in [-0.2, -0.15) is 0 Å². The topological polar surface area (TPSA) is 71.1 Å². The molecular formula is C18H20ClN3O2. The summed E-state index contributed by atoms with van der Waals surface area (Å²) in [7, 11) is 0. The third kappa shape index (κ3) is 4.80. The first-order valence-electron chi connectivity index (χ1n) is 7.72. The minimum Gasteiger partial charge on any atom is -0.346 e. The fraction of sp³-hybridized carbons (Fsp3) is 0.278. The zero-order valence-corrected chi connectivity index (χ0v) is 14.4. The quantitative estimate of drug-likeness (QED) is 0.845. The van der Waals surface area contributed by atoms with Crippen molar-refractivity contribution in [2.45, 2.75) is 19.9 Å². The van der Waals surface area contributed by atoms with Crippen LogP contribution in [0.4, 0.5) is 0 Å². The van der Waals surface area contributed by atoms with E-state index in [-0.39, 0.29) is 30.3 Å². The molecule has 2 N–H and O–H groups in total. The molecule has 0 aliphatic heterocycles. The molecule has 1 aromatic carbocycles. The van der Waals surface area contributed by atoms with Crippen LogP contribution >= 0.6 is 11.6 Å². The van der Waals surface area contributed by atoms with E-state index < -0.39 is 0 Å². The lowest BCUT2D eigenvalue weighted by atomic mass is 10.0. The number of rotatable bonds is 6. The average Bonchev–Trinajstić information content (AvgIpc) is 2.58. The molecule has 2 aromatic rings. The first-order chi connectivity index (χ1) is 11.5. The molecule has 0 radical (unpaired) electrons. The second-order valence-electron chi connectivity index (χ2n) is 5.71. The molecule has 0 spiro atoms. The van der Waals surface area contributed by atoms with Gasteiger partial charge >= 0.3 is 0 Å². The van der Waals surface area contributed by atoms with Crippen molar-refractivity contribution < 1.29 is 9.59 Å². The van der Waals surface area contributed by atoms with Crippen molar-refractivity contribution in [2.24, 2.45) is 5.92 Å². The molecule has 0 aliphatic rings. The van der Waals surface area contributed by atoms with Crippen molar-refractivity contribution in [3.8, 4) is 0 Å². The summed E-state index contributed by atoms with van der Waals surface area (Å²) in [5.41, 5.74) is 1.13. The van der Waals surface area contributed by atoms with E-state index in [2.05, 4.69) is 15.6 Å². The number of hydrogen-bond donors (Lipinski definition) is 2. The van der Waals surface area contributed by atoms with E-state index in [0.29, 0.717) is 10.6 Å². The van der Waals surface area contributed by atoms with Gasteiger partial charge in [0.1, 0.15) is 0 Å². The Morgan fingerprint density at radius 1 is 1.12 bits per heavy atom. The van der Waals surface area contributed by atoms with Crippen molar-refractivity contribution in [2.75, 3.05) is 6.54 Å². The predicted octanol–water partition coefficient (Wildman–Crippen LogP) is 2.98. The second kappa shape index (κ2) is 8.45. The van der Waals surface area contributed by atoms with Crippen LogP contribution < -0.4 is 10.6 Å². The Morgan fingerprint density at radius 2 is 1.83 bits per heavy atom. The molecule has 126 valence electrons. The minimum absolute atomic E-state index is 0.125. The number of benzene rings is 1. The van der Waals surface area contributed by atoms with Gasteiger partial charge in [-0.25, -0.2) is 0 Å². The Labute approximate surface area is 146 Å². The summed E-state index contributed by atoms with van der Waals surface area (Å²) >= 11 is 5.97. The largest absolute Gasteiger partial charge is 0.346 e. The fourth-order valence-electron chi connectivity index (χ4n) is 2.27. The summed E-state index contributed by atoms with van der Waals surface area (Å²) in [5, 5.41) is 5.84. The second-order valence-corrected chi connectivity index (χ2v) is 6.11. The molecule has 2 rings (SSSR count). The lowest BCUT2D eigenvalue weighted by molar-refractivity contribution is -0.121. The summed E-state index contributed by atoms with van der Waals surface area (Å²) in [6.45, 7) is 3.88. The first kappa shape index (κ1) is 17.9. The highest BCUT2D eigenvalue weighted by molar-refractivity contribution is 6.33. The van der Waals surface area contributed by atoms with Gasteiger partial charge in [-0.05, 0) is 30.2 Å². The van der Waals surface area contributed by atoms with E-state index in [0.717, 1.165) is 5.69 Å². The van der Waals surface area contributed by atoms with Gasteiger partial charge in [-0.1, -0.05) is 43.6 Å². The Hall–Kier alpha value is -2.40. The molecule has 0 fully saturated rings. The molecule has 6 heteroatoms. The molecule has 0 unspecified atom stereocenters. The highest BCUT2D eigenvalue weighted by atomic mass is 35.5. The normalized spacial score (nSPS) is 11.8. The number of hydrogen-bond acceptors (Lipinski definition) is 3. The number of aromatic nitrogens is 1. The van der Waals surface area contributed by atoms with Crippen molar-refractivity contribution in [1.82, 2.24) is 15.6 Å². The van der Waals surface area contributed by atoms with Crippen LogP contribution in [0.2, 0.25) is 5.02 Å². The number of amides is 2. The van der Waals surface area contributed by atoms with Gasteiger partial charge < -0.3 is 10.6 Å². The van der Waals surface area contributed by atoms with Crippen LogP contribution in [-0.2, 0) is 4.79 Å². The van der Waals surface area contributed by atoms with Gasteiger partial charge in [0.05, 0.1) is 28.9 Å². The van der Waals surface area contributed by atoms with Crippen LogP contribution in [-0.4, -0.2) is 23.3 Å². The number of carbonyl (C=O) groups is 2. The number of carbonyl (C=O) groups excluding carboxylic acids is 2. The van der Waals surface area contributed by atoms with Crippen molar-refractivity contribution >= 4 is 23.4 Å². The third-order valence-corrected chi connectivity index (χ3v) is 3.85. The van der Waals surface area contributed by atoms with Crippen molar-refractivity contribution in [1.29, 1.82) is 0 Å². The molecule has 5 nitrogen and oxygen atoms in total. The van der Waals surface area contributed by atoms with Gasteiger partial charge in [-0.15, -0.1) is 0 Å². The van der Waals surface area contributed by atoms with Gasteiger partial charge in [0.2, 0.25) is 5.91 Å². The maximum absolute atomic E-state index is 12.2. The Morgan fingerprint density at radius 3 is 2.46 bits per heavy atom. The molecule has 1 aromatic heterocycles. The van der Waals surface area contributed by atoms with Crippen LogP contribution in [0.5, 0.6) is 0 Å². The van der Waals surface area contributed by atoms with Crippen LogP contribution in [0.25, 0.3) is 0 Å². The summed E-state index contributed by atoms with van der Waals surface area (Å²) in [5.74, 6) is -0.488. The molecule has 0 bridgehead atoms. The molecular weight excluding hydrogens is 326 g/mol. The maximum Gasteiger partial charge on any atom is 0.253 e. The van der Waals surface area contributed by atoms with Gasteiger partial charge in [0.15, 0.2) is 0 Å². The highest BCUT2D eigenvalue weighted by Crippen LogP contribution is 2.19. The maximum atomic E-state index is 12.2. The smallest absolute Gasteiger partial charge is 0.253 e. The number of nitrogens with zero attached hydrogens (tertiary/aromatic N) is 1. The van der Waals surface area contributed by atoms with Crippen molar-refractivity contribution in [3.05, 3.63) is 64.9 Å². The van der Waals surface area contributed by atoms with E-state index in [1.165, 1.54) is 0 Å².